The third-order valence-corrected chi connectivity index (χ3v) is 6.23. The summed E-state index contributed by atoms with van der Waals surface area (Å²) in [5, 5.41) is 9.32. The minimum Gasteiger partial charge on any atom is -0.481 e. The van der Waals surface area contributed by atoms with Gasteiger partial charge in [-0.1, -0.05) is 15.9 Å². The third kappa shape index (κ3) is 0.753. The zero-order valence-electron chi connectivity index (χ0n) is 8.43. The molecule has 3 saturated carbocycles. The third-order valence-electron chi connectivity index (χ3n) is 5.14. The molecule has 1 aliphatic heterocycles. The number of carbonyl (C=O) groups is 2. The summed E-state index contributed by atoms with van der Waals surface area (Å²) in [6, 6.07) is 0. The molecule has 0 aromatic carbocycles. The second-order valence-electron chi connectivity index (χ2n) is 5.52. The zero-order chi connectivity index (χ0) is 11.2. The lowest BCUT2D eigenvalue weighted by Gasteiger charge is -2.25. The van der Waals surface area contributed by atoms with Gasteiger partial charge in [-0.05, 0) is 24.2 Å². The van der Waals surface area contributed by atoms with E-state index >= 15 is 0 Å². The number of hydrogen-bond donors (Lipinski definition) is 1. The van der Waals surface area contributed by atoms with Crippen molar-refractivity contribution in [1.82, 2.24) is 0 Å². The van der Waals surface area contributed by atoms with E-state index in [1.807, 2.05) is 0 Å². The van der Waals surface area contributed by atoms with Gasteiger partial charge in [-0.15, -0.1) is 0 Å². The number of halogens is 1. The first kappa shape index (κ1) is 9.45. The average molecular weight is 287 g/mol. The first-order valence-corrected chi connectivity index (χ1v) is 6.57. The molecule has 0 aromatic heterocycles. The van der Waals surface area contributed by atoms with Crippen LogP contribution in [0.25, 0.3) is 0 Å². The molecule has 0 radical (unpaired) electrons. The molecule has 1 heterocycles. The average Bonchev–Trinajstić information content (AvgIpc) is 2.80. The SMILES string of the molecule is O=C(O)[C@@H]1[C@@H]2C(=O)O[C@@H]3[C@@H](Br)[C@H]1C1(CC1)[C@H]32. The first-order chi connectivity index (χ1) is 7.58. The Bertz CT molecular complexity index is 416. The van der Waals surface area contributed by atoms with Crippen molar-refractivity contribution in [2.45, 2.75) is 23.8 Å². The number of aliphatic carboxylic acids is 1. The molecule has 1 saturated heterocycles. The number of alkyl halides is 1. The van der Waals surface area contributed by atoms with Crippen molar-refractivity contribution in [3.8, 4) is 0 Å². The number of esters is 1. The van der Waals surface area contributed by atoms with Gasteiger partial charge in [0.05, 0.1) is 16.7 Å². The maximum absolute atomic E-state index is 11.8. The predicted molar refractivity (Wildman–Crippen MR) is 55.9 cm³/mol. The quantitative estimate of drug-likeness (QED) is 0.578. The Morgan fingerprint density at radius 2 is 2.12 bits per heavy atom. The van der Waals surface area contributed by atoms with Crippen LogP contribution in [-0.2, 0) is 14.3 Å². The summed E-state index contributed by atoms with van der Waals surface area (Å²) in [5.74, 6) is -1.75. The van der Waals surface area contributed by atoms with Crippen LogP contribution in [0.3, 0.4) is 0 Å². The maximum atomic E-state index is 11.8. The van der Waals surface area contributed by atoms with Gasteiger partial charge in [-0.2, -0.15) is 0 Å². The van der Waals surface area contributed by atoms with E-state index in [-0.39, 0.29) is 40.1 Å². The minimum absolute atomic E-state index is 0.0452. The lowest BCUT2D eigenvalue weighted by Crippen LogP contribution is -2.37. The van der Waals surface area contributed by atoms with Gasteiger partial charge in [0.2, 0.25) is 0 Å². The Balaban J connectivity index is 1.89. The summed E-state index contributed by atoms with van der Waals surface area (Å²) in [7, 11) is 0. The normalized spacial score (nSPS) is 54.4. The molecule has 0 amide bonds. The highest BCUT2D eigenvalue weighted by Gasteiger charge is 2.81. The van der Waals surface area contributed by atoms with Crippen LogP contribution in [-0.4, -0.2) is 28.0 Å². The molecule has 2 bridgehead atoms. The molecule has 0 unspecified atom stereocenters. The van der Waals surface area contributed by atoms with Crippen molar-refractivity contribution >= 4 is 27.9 Å². The van der Waals surface area contributed by atoms with E-state index in [4.69, 9.17) is 4.74 Å². The van der Waals surface area contributed by atoms with Crippen LogP contribution >= 0.6 is 15.9 Å². The van der Waals surface area contributed by atoms with Gasteiger partial charge in [-0.3, -0.25) is 9.59 Å². The largest absolute Gasteiger partial charge is 0.481 e. The Morgan fingerprint density at radius 3 is 2.69 bits per heavy atom. The second-order valence-corrected chi connectivity index (χ2v) is 6.58. The van der Waals surface area contributed by atoms with Crippen molar-refractivity contribution in [3.05, 3.63) is 0 Å². The number of carboxylic acid groups (broad SMARTS) is 1. The molecule has 1 spiro atoms. The van der Waals surface area contributed by atoms with Gasteiger partial charge in [0, 0.05) is 5.92 Å². The van der Waals surface area contributed by atoms with Crippen LogP contribution in [0.15, 0.2) is 0 Å². The lowest BCUT2D eigenvalue weighted by molar-refractivity contribution is -0.151. The monoisotopic (exact) mass is 286 g/mol. The summed E-state index contributed by atoms with van der Waals surface area (Å²) >= 11 is 3.56. The summed E-state index contributed by atoms with van der Waals surface area (Å²) in [5.41, 5.74) is 0.110. The minimum atomic E-state index is -0.828. The predicted octanol–water partition coefficient (Wildman–Crippen LogP) is 1.03. The van der Waals surface area contributed by atoms with Crippen molar-refractivity contribution in [3.63, 3.8) is 0 Å². The summed E-state index contributed by atoms with van der Waals surface area (Å²) in [6.07, 6.45) is 2.07. The molecule has 16 heavy (non-hydrogen) atoms. The fourth-order valence-corrected chi connectivity index (χ4v) is 5.89. The Hall–Kier alpha value is -0.580. The van der Waals surface area contributed by atoms with Gasteiger partial charge in [-0.25, -0.2) is 0 Å². The number of rotatable bonds is 1. The van der Waals surface area contributed by atoms with E-state index in [1.165, 1.54) is 0 Å². The highest BCUT2D eigenvalue weighted by atomic mass is 79.9. The molecule has 1 N–H and O–H groups in total. The molecule has 4 aliphatic rings. The molecule has 4 fully saturated rings. The van der Waals surface area contributed by atoms with Crippen LogP contribution in [0.4, 0.5) is 0 Å². The van der Waals surface area contributed by atoms with Crippen molar-refractivity contribution in [2.75, 3.05) is 0 Å². The standard InChI is InChI=1S/C11H11BrO4/c12-7-5-3(9(13)14)4-6(11(5)1-2-11)8(7)16-10(4)15/h3-8H,1-2H2,(H,13,14)/t3-,4+,5+,6+,7+,8+/m1/s1. The lowest BCUT2D eigenvalue weighted by atomic mass is 9.80. The number of ether oxygens (including phenoxy) is 1. The summed E-state index contributed by atoms with van der Waals surface area (Å²) < 4.78 is 5.36. The van der Waals surface area contributed by atoms with E-state index in [2.05, 4.69) is 15.9 Å². The molecular weight excluding hydrogens is 276 g/mol. The second kappa shape index (κ2) is 2.47. The highest BCUT2D eigenvalue weighted by Crippen LogP contribution is 2.77. The fraction of sp³-hybridized carbons (Fsp3) is 0.818. The smallest absolute Gasteiger partial charge is 0.310 e. The van der Waals surface area contributed by atoms with Crippen LogP contribution < -0.4 is 0 Å². The van der Waals surface area contributed by atoms with Crippen molar-refractivity contribution in [2.24, 2.45) is 29.1 Å². The molecule has 4 rings (SSSR count). The molecule has 0 aromatic rings. The number of carbonyl (C=O) groups excluding carboxylic acids is 1. The Kier molecular flexibility index (Phi) is 1.46. The van der Waals surface area contributed by atoms with E-state index in [0.717, 1.165) is 12.8 Å². The molecule has 6 atom stereocenters. The van der Waals surface area contributed by atoms with E-state index in [9.17, 15) is 14.7 Å². The molecule has 86 valence electrons. The Labute approximate surface area is 100 Å². The molecule has 5 heteroatoms. The maximum Gasteiger partial charge on any atom is 0.310 e. The van der Waals surface area contributed by atoms with Crippen molar-refractivity contribution < 1.29 is 19.4 Å². The van der Waals surface area contributed by atoms with Crippen molar-refractivity contribution in [1.29, 1.82) is 0 Å². The van der Waals surface area contributed by atoms with Crippen LogP contribution in [0.5, 0.6) is 0 Å². The van der Waals surface area contributed by atoms with Gasteiger partial charge in [0.15, 0.2) is 0 Å². The molecule has 3 aliphatic carbocycles. The topological polar surface area (TPSA) is 63.6 Å². The molecule has 4 nitrogen and oxygen atoms in total. The number of hydrogen-bond acceptors (Lipinski definition) is 3. The first-order valence-electron chi connectivity index (χ1n) is 5.65. The van der Waals surface area contributed by atoms with Gasteiger partial charge in [0.1, 0.15) is 6.10 Å². The van der Waals surface area contributed by atoms with Gasteiger partial charge < -0.3 is 9.84 Å². The highest BCUT2D eigenvalue weighted by molar-refractivity contribution is 9.09. The zero-order valence-corrected chi connectivity index (χ0v) is 10.0. The van der Waals surface area contributed by atoms with Gasteiger partial charge >= 0.3 is 11.9 Å². The molecular formula is C11H11BrO4. The van der Waals surface area contributed by atoms with Crippen LogP contribution in [0.2, 0.25) is 0 Å². The fourth-order valence-electron chi connectivity index (χ4n) is 4.60. The number of carboxylic acids is 1. The van der Waals surface area contributed by atoms with Gasteiger partial charge in [0.25, 0.3) is 0 Å². The van der Waals surface area contributed by atoms with E-state index < -0.39 is 11.9 Å². The van der Waals surface area contributed by atoms with Crippen LogP contribution in [0, 0.1) is 29.1 Å². The summed E-state index contributed by atoms with van der Waals surface area (Å²) in [6.45, 7) is 0. The Morgan fingerprint density at radius 1 is 1.44 bits per heavy atom. The van der Waals surface area contributed by atoms with E-state index in [0.29, 0.717) is 0 Å². The van der Waals surface area contributed by atoms with Crippen LogP contribution in [0.1, 0.15) is 12.8 Å². The summed E-state index contributed by atoms with van der Waals surface area (Å²) in [4.78, 5) is 23.2. The van der Waals surface area contributed by atoms with E-state index in [1.54, 1.807) is 0 Å².